The molecule has 3 amide bonds. The molecule has 6 nitrogen and oxygen atoms in total. The smallest absolute Gasteiger partial charge is 0.262 e. The molecule has 2 aliphatic heterocycles. The SMILES string of the molecule is CC(C)CC(C(=O)N1CC(C)N(CCc2ccccc2)C(C)C1)N1C(=O)c2ccccc2C1=O. The van der Waals surface area contributed by atoms with Crippen LogP contribution in [0.3, 0.4) is 0 Å². The van der Waals surface area contributed by atoms with Gasteiger partial charge < -0.3 is 4.90 Å². The molecule has 0 bridgehead atoms. The van der Waals surface area contributed by atoms with Crippen LogP contribution in [0.2, 0.25) is 0 Å². The van der Waals surface area contributed by atoms with Crippen LogP contribution in [0.4, 0.5) is 0 Å². The summed E-state index contributed by atoms with van der Waals surface area (Å²) in [7, 11) is 0. The Morgan fingerprint density at radius 2 is 1.41 bits per heavy atom. The Labute approximate surface area is 202 Å². The maximum absolute atomic E-state index is 13.8. The van der Waals surface area contributed by atoms with E-state index in [1.54, 1.807) is 24.3 Å². The highest BCUT2D eigenvalue weighted by molar-refractivity contribution is 6.22. The van der Waals surface area contributed by atoms with E-state index in [2.05, 4.69) is 43.0 Å². The van der Waals surface area contributed by atoms with Crippen LogP contribution < -0.4 is 0 Å². The van der Waals surface area contributed by atoms with E-state index < -0.39 is 6.04 Å². The zero-order valence-electron chi connectivity index (χ0n) is 20.6. The Hall–Kier alpha value is -2.99. The van der Waals surface area contributed by atoms with Gasteiger partial charge in [-0.15, -0.1) is 0 Å². The summed E-state index contributed by atoms with van der Waals surface area (Å²) in [6.07, 6.45) is 1.43. The lowest BCUT2D eigenvalue weighted by atomic mass is 9.99. The summed E-state index contributed by atoms with van der Waals surface area (Å²) in [5.41, 5.74) is 2.09. The van der Waals surface area contributed by atoms with E-state index in [1.165, 1.54) is 10.5 Å². The standard InChI is InChI=1S/C28H35N3O3/c1-19(2)16-25(31-26(32)23-12-8-9-13-24(23)27(31)33)28(34)29-17-20(3)30(21(4)18-29)15-14-22-10-6-5-7-11-22/h5-13,19-21,25H,14-18H2,1-4H3. The molecule has 0 N–H and O–H groups in total. The maximum atomic E-state index is 13.8. The number of carbonyl (C=O) groups excluding carboxylic acids is 3. The van der Waals surface area contributed by atoms with Gasteiger partial charge in [0.25, 0.3) is 11.8 Å². The lowest BCUT2D eigenvalue weighted by Gasteiger charge is -2.46. The summed E-state index contributed by atoms with van der Waals surface area (Å²) in [5.74, 6) is -0.672. The molecule has 34 heavy (non-hydrogen) atoms. The fourth-order valence-electron chi connectivity index (χ4n) is 5.35. The van der Waals surface area contributed by atoms with E-state index in [0.717, 1.165) is 13.0 Å². The molecule has 2 aromatic rings. The van der Waals surface area contributed by atoms with Gasteiger partial charge in [-0.05, 0) is 50.3 Å². The van der Waals surface area contributed by atoms with Crippen LogP contribution in [-0.4, -0.2) is 70.2 Å². The molecule has 1 fully saturated rings. The highest BCUT2D eigenvalue weighted by Gasteiger charge is 2.45. The number of rotatable bonds is 7. The molecule has 0 spiro atoms. The van der Waals surface area contributed by atoms with Crippen LogP contribution in [0.1, 0.15) is 60.4 Å². The molecule has 0 aromatic heterocycles. The van der Waals surface area contributed by atoms with Crippen molar-refractivity contribution in [2.45, 2.75) is 58.7 Å². The highest BCUT2D eigenvalue weighted by atomic mass is 16.2. The summed E-state index contributed by atoms with van der Waals surface area (Å²) in [6.45, 7) is 10.5. The van der Waals surface area contributed by atoms with E-state index in [-0.39, 0.29) is 35.7 Å². The van der Waals surface area contributed by atoms with Gasteiger partial charge in [-0.25, -0.2) is 0 Å². The first-order valence-corrected chi connectivity index (χ1v) is 12.3. The average Bonchev–Trinajstić information content (AvgIpc) is 3.07. The van der Waals surface area contributed by atoms with Crippen LogP contribution in [-0.2, 0) is 11.2 Å². The van der Waals surface area contributed by atoms with Gasteiger partial charge in [-0.1, -0.05) is 56.3 Å². The first-order valence-electron chi connectivity index (χ1n) is 12.3. The largest absolute Gasteiger partial charge is 0.338 e. The van der Waals surface area contributed by atoms with Gasteiger partial charge >= 0.3 is 0 Å². The molecular formula is C28H35N3O3. The molecule has 4 rings (SSSR count). The molecule has 1 saturated heterocycles. The number of amides is 3. The second-order valence-electron chi connectivity index (χ2n) is 10.1. The predicted molar refractivity (Wildman–Crippen MR) is 133 cm³/mol. The van der Waals surface area contributed by atoms with Crippen molar-refractivity contribution in [2.24, 2.45) is 5.92 Å². The normalized spacial score (nSPS) is 21.8. The van der Waals surface area contributed by atoms with Crippen molar-refractivity contribution in [3.05, 3.63) is 71.3 Å². The highest BCUT2D eigenvalue weighted by Crippen LogP contribution is 2.29. The maximum Gasteiger partial charge on any atom is 0.262 e. The van der Waals surface area contributed by atoms with Crippen molar-refractivity contribution >= 4 is 17.7 Å². The fourth-order valence-corrected chi connectivity index (χ4v) is 5.35. The third-order valence-electron chi connectivity index (χ3n) is 7.03. The van der Waals surface area contributed by atoms with Crippen LogP contribution in [0, 0.1) is 5.92 Å². The average molecular weight is 462 g/mol. The molecule has 3 unspecified atom stereocenters. The van der Waals surface area contributed by atoms with Crippen molar-refractivity contribution in [2.75, 3.05) is 19.6 Å². The second kappa shape index (κ2) is 10.1. The zero-order valence-corrected chi connectivity index (χ0v) is 20.6. The molecule has 0 saturated carbocycles. The summed E-state index contributed by atoms with van der Waals surface area (Å²) < 4.78 is 0. The predicted octanol–water partition coefficient (Wildman–Crippen LogP) is 3.86. The second-order valence-corrected chi connectivity index (χ2v) is 10.1. The molecule has 2 aliphatic rings. The zero-order chi connectivity index (χ0) is 24.4. The quantitative estimate of drug-likeness (QED) is 0.588. The third kappa shape index (κ3) is 4.78. The van der Waals surface area contributed by atoms with Crippen molar-refractivity contribution in [1.82, 2.24) is 14.7 Å². The number of benzene rings is 2. The third-order valence-corrected chi connectivity index (χ3v) is 7.03. The molecule has 0 radical (unpaired) electrons. The first kappa shape index (κ1) is 24.1. The minimum absolute atomic E-state index is 0.121. The summed E-state index contributed by atoms with van der Waals surface area (Å²) >= 11 is 0. The lowest BCUT2D eigenvalue weighted by Crippen LogP contribution is -2.61. The van der Waals surface area contributed by atoms with E-state index in [9.17, 15) is 14.4 Å². The fraction of sp³-hybridized carbons (Fsp3) is 0.464. The monoisotopic (exact) mass is 461 g/mol. The van der Waals surface area contributed by atoms with Gasteiger partial charge in [0.1, 0.15) is 6.04 Å². The molecule has 180 valence electrons. The first-order chi connectivity index (χ1) is 16.3. The molecule has 2 heterocycles. The minimum Gasteiger partial charge on any atom is -0.338 e. The number of hydrogen-bond acceptors (Lipinski definition) is 4. The minimum atomic E-state index is -0.775. The van der Waals surface area contributed by atoms with E-state index in [0.29, 0.717) is 30.6 Å². The lowest BCUT2D eigenvalue weighted by molar-refractivity contribution is -0.140. The molecule has 2 aromatic carbocycles. The van der Waals surface area contributed by atoms with Gasteiger partial charge in [0.2, 0.25) is 5.91 Å². The van der Waals surface area contributed by atoms with Crippen molar-refractivity contribution in [3.8, 4) is 0 Å². The van der Waals surface area contributed by atoms with Gasteiger partial charge in [-0.3, -0.25) is 24.2 Å². The van der Waals surface area contributed by atoms with Crippen molar-refractivity contribution in [1.29, 1.82) is 0 Å². The van der Waals surface area contributed by atoms with Gasteiger partial charge in [-0.2, -0.15) is 0 Å². The Bertz CT molecular complexity index is 1000. The number of hydrogen-bond donors (Lipinski definition) is 0. The Morgan fingerprint density at radius 1 is 0.882 bits per heavy atom. The van der Waals surface area contributed by atoms with Gasteiger partial charge in [0.15, 0.2) is 0 Å². The summed E-state index contributed by atoms with van der Waals surface area (Å²) in [6, 6.07) is 16.9. The van der Waals surface area contributed by atoms with E-state index in [1.807, 2.05) is 24.8 Å². The number of nitrogens with zero attached hydrogens (tertiary/aromatic N) is 3. The number of carbonyl (C=O) groups is 3. The Balaban J connectivity index is 1.49. The van der Waals surface area contributed by atoms with Gasteiger partial charge in [0, 0.05) is 31.7 Å². The summed E-state index contributed by atoms with van der Waals surface area (Å²) in [4.78, 5) is 45.6. The van der Waals surface area contributed by atoms with E-state index >= 15 is 0 Å². The van der Waals surface area contributed by atoms with E-state index in [4.69, 9.17) is 0 Å². The van der Waals surface area contributed by atoms with Gasteiger partial charge in [0.05, 0.1) is 11.1 Å². The van der Waals surface area contributed by atoms with Crippen LogP contribution in [0.25, 0.3) is 0 Å². The molecule has 3 atom stereocenters. The molecule has 6 heteroatoms. The van der Waals surface area contributed by atoms with Crippen LogP contribution >= 0.6 is 0 Å². The number of imide groups is 1. The molecular weight excluding hydrogens is 426 g/mol. The van der Waals surface area contributed by atoms with Crippen LogP contribution in [0.5, 0.6) is 0 Å². The number of fused-ring (bicyclic) bond motifs is 1. The number of piperazine rings is 1. The Kier molecular flexibility index (Phi) is 7.17. The van der Waals surface area contributed by atoms with Crippen molar-refractivity contribution < 1.29 is 14.4 Å². The molecule has 0 aliphatic carbocycles. The topological polar surface area (TPSA) is 60.9 Å². The van der Waals surface area contributed by atoms with Crippen molar-refractivity contribution in [3.63, 3.8) is 0 Å². The van der Waals surface area contributed by atoms with Crippen LogP contribution in [0.15, 0.2) is 54.6 Å². The summed E-state index contributed by atoms with van der Waals surface area (Å²) in [5, 5.41) is 0. The Morgan fingerprint density at radius 3 is 1.94 bits per heavy atom.